The van der Waals surface area contributed by atoms with E-state index >= 15 is 0 Å². The topological polar surface area (TPSA) is 116 Å². The molecule has 1 heterocycles. The Morgan fingerprint density at radius 3 is 2.64 bits per heavy atom. The first-order valence-electron chi connectivity index (χ1n) is 4.60. The molecule has 0 saturated carbocycles. The van der Waals surface area contributed by atoms with Crippen molar-refractivity contribution in [2.45, 2.75) is 36.9 Å². The van der Waals surface area contributed by atoms with Crippen LogP contribution in [0.5, 0.6) is 0 Å². The van der Waals surface area contributed by atoms with Crippen molar-refractivity contribution in [1.29, 1.82) is 0 Å². The zero-order chi connectivity index (χ0) is 10.7. The Hall–Kier alpha value is -0.240. The maximum Gasteiger partial charge on any atom is 0.110 e. The van der Waals surface area contributed by atoms with Gasteiger partial charge in [0, 0.05) is 6.61 Å². The third-order valence-corrected chi connectivity index (χ3v) is 2.47. The Bertz CT molecular complexity index is 179. The molecule has 1 aliphatic rings. The summed E-state index contributed by atoms with van der Waals surface area (Å²) in [6, 6.07) is -0.736. The predicted molar refractivity (Wildman–Crippen MR) is 47.4 cm³/mol. The SMILES string of the molecule is N[C@@H]1C(O)CCOC1[C@H](O)[C@H](O)CO. The molecule has 0 aliphatic carbocycles. The number of hydrogen-bond acceptors (Lipinski definition) is 6. The maximum atomic E-state index is 9.50. The lowest BCUT2D eigenvalue weighted by atomic mass is 9.94. The van der Waals surface area contributed by atoms with Crippen LogP contribution in [0.25, 0.3) is 0 Å². The number of ether oxygens (including phenoxy) is 1. The van der Waals surface area contributed by atoms with Gasteiger partial charge in [0.1, 0.15) is 18.3 Å². The zero-order valence-electron chi connectivity index (χ0n) is 7.78. The minimum atomic E-state index is -1.30. The molecule has 0 spiro atoms. The van der Waals surface area contributed by atoms with E-state index in [0.717, 1.165) is 0 Å². The average molecular weight is 207 g/mol. The summed E-state index contributed by atoms with van der Waals surface area (Å²) in [5, 5.41) is 36.7. The van der Waals surface area contributed by atoms with E-state index in [4.69, 9.17) is 20.7 Å². The zero-order valence-corrected chi connectivity index (χ0v) is 7.78. The Morgan fingerprint density at radius 1 is 1.43 bits per heavy atom. The van der Waals surface area contributed by atoms with Gasteiger partial charge in [0.2, 0.25) is 0 Å². The quantitative estimate of drug-likeness (QED) is 0.341. The van der Waals surface area contributed by atoms with E-state index < -0.39 is 37.1 Å². The summed E-state index contributed by atoms with van der Waals surface area (Å²) < 4.78 is 5.14. The molecule has 1 rings (SSSR count). The van der Waals surface area contributed by atoms with Gasteiger partial charge in [0.15, 0.2) is 0 Å². The lowest BCUT2D eigenvalue weighted by Crippen LogP contribution is -2.58. The van der Waals surface area contributed by atoms with E-state index in [1.807, 2.05) is 0 Å². The Balaban J connectivity index is 2.57. The van der Waals surface area contributed by atoms with Gasteiger partial charge in [0.05, 0.1) is 18.8 Å². The molecule has 1 saturated heterocycles. The second-order valence-electron chi connectivity index (χ2n) is 3.51. The van der Waals surface area contributed by atoms with Gasteiger partial charge in [0.25, 0.3) is 0 Å². The second kappa shape index (κ2) is 5.01. The molecule has 0 amide bonds. The molecule has 6 nitrogen and oxygen atoms in total. The van der Waals surface area contributed by atoms with Crippen molar-refractivity contribution in [2.75, 3.05) is 13.2 Å². The summed E-state index contributed by atoms with van der Waals surface area (Å²) in [6.07, 6.45) is -3.73. The first-order chi connectivity index (χ1) is 6.57. The molecule has 0 bridgehead atoms. The van der Waals surface area contributed by atoms with Crippen LogP contribution >= 0.6 is 0 Å². The van der Waals surface area contributed by atoms with Crippen LogP contribution in [0.15, 0.2) is 0 Å². The molecule has 1 fully saturated rings. The van der Waals surface area contributed by atoms with Crippen LogP contribution in [0.3, 0.4) is 0 Å². The average Bonchev–Trinajstić information content (AvgIpc) is 2.20. The first kappa shape index (κ1) is 11.8. The van der Waals surface area contributed by atoms with Gasteiger partial charge in [-0.05, 0) is 6.42 Å². The summed E-state index contributed by atoms with van der Waals surface area (Å²) in [7, 11) is 0. The van der Waals surface area contributed by atoms with Crippen LogP contribution in [0.4, 0.5) is 0 Å². The molecule has 5 atom stereocenters. The van der Waals surface area contributed by atoms with Gasteiger partial charge in [-0.15, -0.1) is 0 Å². The smallest absolute Gasteiger partial charge is 0.110 e. The van der Waals surface area contributed by atoms with E-state index in [1.165, 1.54) is 0 Å². The van der Waals surface area contributed by atoms with Gasteiger partial charge >= 0.3 is 0 Å². The third kappa shape index (κ3) is 2.41. The normalized spacial score (nSPS) is 37.9. The van der Waals surface area contributed by atoms with Crippen LogP contribution in [-0.2, 0) is 4.74 Å². The van der Waals surface area contributed by atoms with Crippen molar-refractivity contribution in [3.05, 3.63) is 0 Å². The summed E-state index contributed by atoms with van der Waals surface area (Å²) in [4.78, 5) is 0. The molecule has 0 aromatic rings. The Morgan fingerprint density at radius 2 is 2.07 bits per heavy atom. The first-order valence-corrected chi connectivity index (χ1v) is 4.60. The standard InChI is InChI=1S/C8H17NO5/c9-6-4(11)1-2-14-8(6)7(13)5(12)3-10/h4-8,10-13H,1-3,9H2/t4?,5-,6-,7-,8?/m1/s1. The maximum absolute atomic E-state index is 9.50. The molecule has 0 radical (unpaired) electrons. The summed E-state index contributed by atoms with van der Waals surface area (Å²) >= 11 is 0. The second-order valence-corrected chi connectivity index (χ2v) is 3.51. The highest BCUT2D eigenvalue weighted by Gasteiger charge is 2.37. The van der Waals surface area contributed by atoms with Gasteiger partial charge < -0.3 is 30.9 Å². The number of aliphatic hydroxyl groups is 4. The van der Waals surface area contributed by atoms with Gasteiger partial charge in [-0.1, -0.05) is 0 Å². The van der Waals surface area contributed by atoms with E-state index in [2.05, 4.69) is 0 Å². The highest BCUT2D eigenvalue weighted by atomic mass is 16.5. The van der Waals surface area contributed by atoms with Gasteiger partial charge in [-0.2, -0.15) is 0 Å². The Kier molecular flexibility index (Phi) is 4.24. The molecular formula is C8H17NO5. The highest BCUT2D eigenvalue weighted by molar-refractivity contribution is 4.91. The Labute approximate surface area is 81.9 Å². The molecule has 2 unspecified atom stereocenters. The predicted octanol–water partition coefficient (Wildman–Crippen LogP) is -2.82. The monoisotopic (exact) mass is 207 g/mol. The molecule has 84 valence electrons. The van der Waals surface area contributed by atoms with E-state index in [1.54, 1.807) is 0 Å². The number of nitrogens with two attached hydrogens (primary N) is 1. The number of rotatable bonds is 3. The number of hydrogen-bond donors (Lipinski definition) is 5. The molecule has 0 aromatic carbocycles. The fourth-order valence-corrected chi connectivity index (χ4v) is 1.50. The van der Waals surface area contributed by atoms with Gasteiger partial charge in [-0.3, -0.25) is 0 Å². The van der Waals surface area contributed by atoms with Crippen molar-refractivity contribution in [3.8, 4) is 0 Å². The van der Waals surface area contributed by atoms with Crippen molar-refractivity contribution in [1.82, 2.24) is 0 Å². The minimum absolute atomic E-state index is 0.286. The van der Waals surface area contributed by atoms with Gasteiger partial charge in [-0.25, -0.2) is 0 Å². The lowest BCUT2D eigenvalue weighted by Gasteiger charge is -2.36. The van der Waals surface area contributed by atoms with Crippen LogP contribution in [-0.4, -0.2) is 64.1 Å². The van der Waals surface area contributed by atoms with Crippen LogP contribution in [0.1, 0.15) is 6.42 Å². The third-order valence-electron chi connectivity index (χ3n) is 2.47. The van der Waals surface area contributed by atoms with Crippen LogP contribution in [0.2, 0.25) is 0 Å². The molecule has 6 N–H and O–H groups in total. The summed E-state index contributed by atoms with van der Waals surface area (Å²) in [5.41, 5.74) is 5.59. The van der Waals surface area contributed by atoms with Crippen molar-refractivity contribution < 1.29 is 25.2 Å². The molecule has 6 heteroatoms. The van der Waals surface area contributed by atoms with Crippen molar-refractivity contribution in [2.24, 2.45) is 5.73 Å². The van der Waals surface area contributed by atoms with E-state index in [9.17, 15) is 10.2 Å². The molecule has 1 aliphatic heterocycles. The van der Waals surface area contributed by atoms with Crippen molar-refractivity contribution in [3.63, 3.8) is 0 Å². The fourth-order valence-electron chi connectivity index (χ4n) is 1.50. The summed E-state index contributed by atoms with van der Waals surface area (Å²) in [5.74, 6) is 0. The van der Waals surface area contributed by atoms with Crippen LogP contribution < -0.4 is 5.73 Å². The summed E-state index contributed by atoms with van der Waals surface area (Å²) in [6.45, 7) is -0.279. The minimum Gasteiger partial charge on any atom is -0.394 e. The van der Waals surface area contributed by atoms with E-state index in [0.29, 0.717) is 6.42 Å². The van der Waals surface area contributed by atoms with Crippen molar-refractivity contribution >= 4 is 0 Å². The van der Waals surface area contributed by atoms with Crippen LogP contribution in [0, 0.1) is 0 Å². The largest absolute Gasteiger partial charge is 0.394 e. The molecular weight excluding hydrogens is 190 g/mol. The number of aliphatic hydroxyl groups excluding tert-OH is 4. The van der Waals surface area contributed by atoms with E-state index in [-0.39, 0.29) is 6.61 Å². The lowest BCUT2D eigenvalue weighted by molar-refractivity contribution is -0.145. The molecule has 14 heavy (non-hydrogen) atoms. The fraction of sp³-hybridized carbons (Fsp3) is 1.00. The molecule has 0 aromatic heterocycles. The highest BCUT2D eigenvalue weighted by Crippen LogP contribution is 2.17.